The monoisotopic (exact) mass is 270 g/mol. The van der Waals surface area contributed by atoms with Gasteiger partial charge in [0.15, 0.2) is 0 Å². The number of hydrogen-bond acceptors (Lipinski definition) is 3. The Kier molecular flexibility index (Phi) is 4.34. The van der Waals surface area contributed by atoms with Crippen molar-refractivity contribution in [3.63, 3.8) is 0 Å². The van der Waals surface area contributed by atoms with Gasteiger partial charge in [-0.25, -0.2) is 8.42 Å². The highest BCUT2D eigenvalue weighted by molar-refractivity contribution is 7.92. The Morgan fingerprint density at radius 3 is 2.17 bits per heavy atom. The fourth-order valence-corrected chi connectivity index (χ4v) is 2.88. The molecule has 100 valence electrons. The number of rotatable bonds is 4. The molecule has 1 amide bonds. The lowest BCUT2D eigenvalue weighted by molar-refractivity contribution is -0.121. The number of sulfonamides is 1. The lowest BCUT2D eigenvalue weighted by atomic mass is 10.2. The molecule has 0 spiro atoms. The molecule has 0 saturated carbocycles. The highest BCUT2D eigenvalue weighted by Crippen LogP contribution is 2.21. The summed E-state index contributed by atoms with van der Waals surface area (Å²) in [5.41, 5.74) is 1.51. The summed E-state index contributed by atoms with van der Waals surface area (Å²) in [7, 11) is -2.03. The van der Waals surface area contributed by atoms with Crippen molar-refractivity contribution in [3.05, 3.63) is 29.8 Å². The van der Waals surface area contributed by atoms with Gasteiger partial charge in [0.05, 0.1) is 11.9 Å². The molecule has 0 unspecified atom stereocenters. The van der Waals surface area contributed by atoms with Crippen LogP contribution in [-0.2, 0) is 14.8 Å². The Morgan fingerprint density at radius 2 is 1.78 bits per heavy atom. The highest BCUT2D eigenvalue weighted by Gasteiger charge is 2.28. The molecule has 18 heavy (non-hydrogen) atoms. The van der Waals surface area contributed by atoms with Gasteiger partial charge in [-0.2, -0.15) is 0 Å². The fourth-order valence-electron chi connectivity index (χ4n) is 1.71. The molecule has 1 atom stereocenters. The van der Waals surface area contributed by atoms with E-state index in [-0.39, 0.29) is 5.91 Å². The van der Waals surface area contributed by atoms with Crippen LogP contribution >= 0.6 is 0 Å². The summed E-state index contributed by atoms with van der Waals surface area (Å²) in [6.07, 6.45) is 1.09. The third-order valence-electron chi connectivity index (χ3n) is 2.62. The van der Waals surface area contributed by atoms with Gasteiger partial charge in [0, 0.05) is 7.05 Å². The number of nitrogens with one attached hydrogen (secondary N) is 1. The van der Waals surface area contributed by atoms with Crippen LogP contribution < -0.4 is 9.62 Å². The van der Waals surface area contributed by atoms with E-state index in [1.165, 1.54) is 7.05 Å². The van der Waals surface area contributed by atoms with Crippen LogP contribution in [0.3, 0.4) is 0 Å². The van der Waals surface area contributed by atoms with E-state index in [2.05, 4.69) is 5.32 Å². The summed E-state index contributed by atoms with van der Waals surface area (Å²) in [6, 6.07) is 6.22. The third kappa shape index (κ3) is 3.22. The van der Waals surface area contributed by atoms with Crippen molar-refractivity contribution in [2.24, 2.45) is 0 Å². The van der Waals surface area contributed by atoms with E-state index in [0.29, 0.717) is 5.69 Å². The average molecular weight is 270 g/mol. The van der Waals surface area contributed by atoms with Crippen LogP contribution in [0.5, 0.6) is 0 Å². The number of nitrogens with zero attached hydrogens (tertiary/aromatic N) is 1. The molecule has 6 heteroatoms. The second kappa shape index (κ2) is 5.39. The predicted molar refractivity (Wildman–Crippen MR) is 72.0 cm³/mol. The number of anilines is 1. The van der Waals surface area contributed by atoms with Crippen LogP contribution in [0.1, 0.15) is 12.5 Å². The largest absolute Gasteiger partial charge is 0.357 e. The standard InChI is InChI=1S/C12H18N2O3S/c1-9-5-7-11(8-6-9)14(18(4,16)17)10(2)12(15)13-3/h5-8,10H,1-4H3,(H,13,15)/t10-/m0/s1. The van der Waals surface area contributed by atoms with E-state index < -0.39 is 16.1 Å². The summed E-state index contributed by atoms with van der Waals surface area (Å²) >= 11 is 0. The predicted octanol–water partition coefficient (Wildman–Crippen LogP) is 0.896. The van der Waals surface area contributed by atoms with Gasteiger partial charge in [0.25, 0.3) is 0 Å². The second-order valence-electron chi connectivity index (χ2n) is 4.18. The third-order valence-corrected chi connectivity index (χ3v) is 3.86. The Bertz CT molecular complexity index is 523. The zero-order valence-corrected chi connectivity index (χ0v) is 11.8. The summed E-state index contributed by atoms with van der Waals surface area (Å²) in [6.45, 7) is 3.47. The molecule has 0 saturated heterocycles. The molecule has 1 N–H and O–H groups in total. The molecule has 1 aromatic rings. The first-order valence-electron chi connectivity index (χ1n) is 5.55. The van der Waals surface area contributed by atoms with Crippen LogP contribution in [0.4, 0.5) is 5.69 Å². The van der Waals surface area contributed by atoms with Gasteiger partial charge in [-0.3, -0.25) is 9.10 Å². The van der Waals surface area contributed by atoms with Crippen molar-refractivity contribution in [2.75, 3.05) is 17.6 Å². The Morgan fingerprint density at radius 1 is 1.28 bits per heavy atom. The van der Waals surface area contributed by atoms with Gasteiger partial charge < -0.3 is 5.32 Å². The number of hydrogen-bond donors (Lipinski definition) is 1. The normalized spacial score (nSPS) is 12.9. The van der Waals surface area contributed by atoms with E-state index in [0.717, 1.165) is 16.1 Å². The topological polar surface area (TPSA) is 66.5 Å². The van der Waals surface area contributed by atoms with E-state index in [1.54, 1.807) is 19.1 Å². The van der Waals surface area contributed by atoms with Crippen LogP contribution in [0.15, 0.2) is 24.3 Å². The van der Waals surface area contributed by atoms with Crippen molar-refractivity contribution in [2.45, 2.75) is 19.9 Å². The van der Waals surface area contributed by atoms with E-state index in [4.69, 9.17) is 0 Å². The summed E-state index contributed by atoms with van der Waals surface area (Å²) in [5.74, 6) is -0.346. The zero-order chi connectivity index (χ0) is 13.9. The molecular formula is C12H18N2O3S. The van der Waals surface area contributed by atoms with Gasteiger partial charge >= 0.3 is 0 Å². The Labute approximate surface area is 108 Å². The van der Waals surface area contributed by atoms with E-state index in [9.17, 15) is 13.2 Å². The number of benzene rings is 1. The number of carbonyl (C=O) groups excluding carboxylic acids is 1. The van der Waals surface area contributed by atoms with Gasteiger partial charge in [-0.1, -0.05) is 17.7 Å². The van der Waals surface area contributed by atoms with E-state index in [1.807, 2.05) is 19.1 Å². The first-order chi connectivity index (χ1) is 8.27. The van der Waals surface area contributed by atoms with Crippen LogP contribution in [0.2, 0.25) is 0 Å². The van der Waals surface area contributed by atoms with Crippen molar-refractivity contribution < 1.29 is 13.2 Å². The minimum atomic E-state index is -3.51. The molecule has 0 aliphatic rings. The number of aryl methyl sites for hydroxylation is 1. The minimum absolute atomic E-state index is 0.346. The van der Waals surface area contributed by atoms with Crippen molar-refractivity contribution in [1.82, 2.24) is 5.32 Å². The molecule has 0 radical (unpaired) electrons. The van der Waals surface area contributed by atoms with Crippen LogP contribution in [-0.4, -0.2) is 33.7 Å². The molecule has 0 aromatic heterocycles. The van der Waals surface area contributed by atoms with Gasteiger partial charge in [0.2, 0.25) is 15.9 Å². The first kappa shape index (κ1) is 14.5. The maximum atomic E-state index is 11.8. The summed E-state index contributed by atoms with van der Waals surface area (Å²) in [4.78, 5) is 11.6. The van der Waals surface area contributed by atoms with Crippen molar-refractivity contribution in [3.8, 4) is 0 Å². The average Bonchev–Trinajstić information content (AvgIpc) is 2.29. The minimum Gasteiger partial charge on any atom is -0.357 e. The quantitative estimate of drug-likeness (QED) is 0.884. The van der Waals surface area contributed by atoms with Gasteiger partial charge in [0.1, 0.15) is 6.04 Å². The molecule has 0 aliphatic carbocycles. The number of likely N-dealkylation sites (N-methyl/N-ethyl adjacent to an activating group) is 1. The van der Waals surface area contributed by atoms with Crippen molar-refractivity contribution >= 4 is 21.6 Å². The number of amides is 1. The fraction of sp³-hybridized carbons (Fsp3) is 0.417. The molecule has 0 aliphatic heterocycles. The Balaban J connectivity index is 3.23. The smallest absolute Gasteiger partial charge is 0.243 e. The summed E-state index contributed by atoms with van der Waals surface area (Å²) in [5, 5.41) is 2.45. The zero-order valence-electron chi connectivity index (χ0n) is 11.0. The SMILES string of the molecule is CNC(=O)[C@H](C)N(c1ccc(C)cc1)S(C)(=O)=O. The lowest BCUT2D eigenvalue weighted by Gasteiger charge is -2.27. The molecule has 5 nitrogen and oxygen atoms in total. The first-order valence-corrected chi connectivity index (χ1v) is 7.40. The number of carbonyl (C=O) groups is 1. The van der Waals surface area contributed by atoms with Crippen molar-refractivity contribution in [1.29, 1.82) is 0 Å². The molecule has 0 bridgehead atoms. The molecule has 0 fully saturated rings. The molecule has 1 rings (SSSR count). The highest BCUT2D eigenvalue weighted by atomic mass is 32.2. The molecular weight excluding hydrogens is 252 g/mol. The molecule has 1 aromatic carbocycles. The molecule has 0 heterocycles. The Hall–Kier alpha value is -1.56. The maximum absolute atomic E-state index is 11.8. The van der Waals surface area contributed by atoms with E-state index >= 15 is 0 Å². The van der Waals surface area contributed by atoms with Gasteiger partial charge in [-0.05, 0) is 26.0 Å². The van der Waals surface area contributed by atoms with Gasteiger partial charge in [-0.15, -0.1) is 0 Å². The summed E-state index contributed by atoms with van der Waals surface area (Å²) < 4.78 is 24.8. The van der Waals surface area contributed by atoms with Crippen LogP contribution in [0.25, 0.3) is 0 Å². The second-order valence-corrected chi connectivity index (χ2v) is 6.04. The maximum Gasteiger partial charge on any atom is 0.243 e. The van der Waals surface area contributed by atoms with Crippen LogP contribution in [0, 0.1) is 6.92 Å². The lowest BCUT2D eigenvalue weighted by Crippen LogP contribution is -2.46.